The number of hydrogen-bond acceptors (Lipinski definition) is 4. The summed E-state index contributed by atoms with van der Waals surface area (Å²) >= 11 is 0. The van der Waals surface area contributed by atoms with E-state index in [-0.39, 0.29) is 11.4 Å². The van der Waals surface area contributed by atoms with Crippen LogP contribution >= 0.6 is 0 Å². The molecule has 6 heteroatoms. The summed E-state index contributed by atoms with van der Waals surface area (Å²) in [7, 11) is -3.56. The highest BCUT2D eigenvalue weighted by molar-refractivity contribution is 7.89. The van der Waals surface area contributed by atoms with E-state index in [1.165, 1.54) is 12.1 Å². The molecule has 0 fully saturated rings. The van der Waals surface area contributed by atoms with Crippen LogP contribution in [0.25, 0.3) is 0 Å². The predicted octanol–water partition coefficient (Wildman–Crippen LogP) is 2.22. The molecule has 0 saturated heterocycles. The molecular formula is C15H25NO4S. The first kappa shape index (κ1) is 18.1. The Morgan fingerprint density at radius 3 is 2.71 bits per heavy atom. The molecule has 0 aromatic heterocycles. The summed E-state index contributed by atoms with van der Waals surface area (Å²) in [6.07, 6.45) is 1.93. The molecule has 0 aliphatic heterocycles. The van der Waals surface area contributed by atoms with Gasteiger partial charge < -0.3 is 9.84 Å². The minimum Gasteiger partial charge on any atom is -0.388 e. The molecule has 120 valence electrons. The lowest BCUT2D eigenvalue weighted by atomic mass is 10.1. The molecule has 0 heterocycles. The molecule has 1 aromatic carbocycles. The van der Waals surface area contributed by atoms with E-state index in [1.807, 2.05) is 6.92 Å². The van der Waals surface area contributed by atoms with Crippen LogP contribution in [0.3, 0.4) is 0 Å². The molecule has 1 atom stereocenters. The molecule has 21 heavy (non-hydrogen) atoms. The predicted molar refractivity (Wildman–Crippen MR) is 82.6 cm³/mol. The first-order valence-corrected chi connectivity index (χ1v) is 8.85. The zero-order valence-electron chi connectivity index (χ0n) is 12.7. The molecule has 0 aliphatic rings. The number of benzene rings is 1. The van der Waals surface area contributed by atoms with Gasteiger partial charge >= 0.3 is 0 Å². The third kappa shape index (κ3) is 6.13. The molecule has 1 unspecified atom stereocenters. The highest BCUT2D eigenvalue weighted by atomic mass is 32.2. The molecule has 1 aromatic rings. The summed E-state index contributed by atoms with van der Waals surface area (Å²) in [4.78, 5) is 0.168. The number of unbranched alkanes of at least 4 members (excludes halogenated alkanes) is 1. The Labute approximate surface area is 127 Å². The molecule has 2 N–H and O–H groups in total. The zero-order valence-corrected chi connectivity index (χ0v) is 13.5. The van der Waals surface area contributed by atoms with Gasteiger partial charge in [0.05, 0.1) is 17.6 Å². The van der Waals surface area contributed by atoms with E-state index in [4.69, 9.17) is 4.74 Å². The van der Waals surface area contributed by atoms with E-state index >= 15 is 0 Å². The molecule has 0 spiro atoms. The van der Waals surface area contributed by atoms with Crippen molar-refractivity contribution < 1.29 is 18.3 Å². The second-order valence-corrected chi connectivity index (χ2v) is 6.63. The van der Waals surface area contributed by atoms with Gasteiger partial charge in [0.2, 0.25) is 10.0 Å². The molecule has 0 aliphatic carbocycles. The average molecular weight is 315 g/mol. The number of aliphatic hydroxyl groups is 1. The van der Waals surface area contributed by atoms with E-state index in [0.717, 1.165) is 12.8 Å². The van der Waals surface area contributed by atoms with Gasteiger partial charge in [-0.1, -0.05) is 32.4 Å². The zero-order chi connectivity index (χ0) is 15.7. The topological polar surface area (TPSA) is 75.6 Å². The van der Waals surface area contributed by atoms with Crippen LogP contribution in [0, 0.1) is 0 Å². The lowest BCUT2D eigenvalue weighted by Gasteiger charge is -2.11. The van der Waals surface area contributed by atoms with E-state index < -0.39 is 16.1 Å². The average Bonchev–Trinajstić information content (AvgIpc) is 2.50. The molecule has 0 bridgehead atoms. The van der Waals surface area contributed by atoms with Gasteiger partial charge in [-0.05, 0) is 30.5 Å². The van der Waals surface area contributed by atoms with Crippen LogP contribution in [0.5, 0.6) is 0 Å². The van der Waals surface area contributed by atoms with Crippen LogP contribution in [0.15, 0.2) is 29.2 Å². The SMILES string of the molecule is CCCCOCCNS(=O)(=O)c1cccc(C(O)CC)c1. The van der Waals surface area contributed by atoms with Crippen molar-refractivity contribution in [3.8, 4) is 0 Å². The van der Waals surface area contributed by atoms with Crippen molar-refractivity contribution in [2.75, 3.05) is 19.8 Å². The van der Waals surface area contributed by atoms with Crippen molar-refractivity contribution in [2.24, 2.45) is 0 Å². The van der Waals surface area contributed by atoms with Crippen molar-refractivity contribution in [1.29, 1.82) is 0 Å². The Balaban J connectivity index is 2.58. The summed E-state index contributed by atoms with van der Waals surface area (Å²) in [5.41, 5.74) is 0.611. The Morgan fingerprint density at radius 1 is 1.29 bits per heavy atom. The molecule has 1 rings (SSSR count). The van der Waals surface area contributed by atoms with Crippen molar-refractivity contribution in [3.63, 3.8) is 0 Å². The van der Waals surface area contributed by atoms with Gasteiger partial charge in [0.25, 0.3) is 0 Å². The number of hydrogen-bond donors (Lipinski definition) is 2. The van der Waals surface area contributed by atoms with Crippen LogP contribution in [0.2, 0.25) is 0 Å². The lowest BCUT2D eigenvalue weighted by Crippen LogP contribution is -2.27. The smallest absolute Gasteiger partial charge is 0.240 e. The molecule has 0 radical (unpaired) electrons. The maximum atomic E-state index is 12.1. The van der Waals surface area contributed by atoms with E-state index in [2.05, 4.69) is 11.6 Å². The van der Waals surface area contributed by atoms with Crippen molar-refractivity contribution in [2.45, 2.75) is 44.1 Å². The summed E-state index contributed by atoms with van der Waals surface area (Å²) in [5.74, 6) is 0. The van der Waals surface area contributed by atoms with Crippen LogP contribution in [0.4, 0.5) is 0 Å². The maximum absolute atomic E-state index is 12.1. The van der Waals surface area contributed by atoms with Crippen LogP contribution < -0.4 is 4.72 Å². The minimum atomic E-state index is -3.56. The van der Waals surface area contributed by atoms with Gasteiger partial charge in [-0.25, -0.2) is 13.1 Å². The third-order valence-corrected chi connectivity index (χ3v) is 4.58. The summed E-state index contributed by atoms with van der Waals surface area (Å²) < 4.78 is 32.1. The highest BCUT2D eigenvalue weighted by Gasteiger charge is 2.15. The van der Waals surface area contributed by atoms with Gasteiger partial charge in [-0.2, -0.15) is 0 Å². The quantitative estimate of drug-likeness (QED) is 0.649. The Morgan fingerprint density at radius 2 is 2.05 bits per heavy atom. The standard InChI is InChI=1S/C15H25NO4S/c1-3-5-10-20-11-9-16-21(18,19)14-8-6-7-13(12-14)15(17)4-2/h6-8,12,15-17H,3-5,9-11H2,1-2H3. The van der Waals surface area contributed by atoms with Gasteiger partial charge in [0, 0.05) is 13.2 Å². The summed E-state index contributed by atoms with van der Waals surface area (Å²) in [6.45, 7) is 5.17. The first-order valence-electron chi connectivity index (χ1n) is 7.36. The van der Waals surface area contributed by atoms with Gasteiger partial charge in [0.1, 0.15) is 0 Å². The monoisotopic (exact) mass is 315 g/mol. The molecule has 0 amide bonds. The lowest BCUT2D eigenvalue weighted by molar-refractivity contribution is 0.136. The highest BCUT2D eigenvalue weighted by Crippen LogP contribution is 2.19. The van der Waals surface area contributed by atoms with Crippen molar-refractivity contribution in [1.82, 2.24) is 4.72 Å². The largest absolute Gasteiger partial charge is 0.388 e. The van der Waals surface area contributed by atoms with Crippen LogP contribution in [-0.2, 0) is 14.8 Å². The van der Waals surface area contributed by atoms with E-state index in [1.54, 1.807) is 12.1 Å². The van der Waals surface area contributed by atoms with Gasteiger partial charge in [-0.3, -0.25) is 0 Å². The maximum Gasteiger partial charge on any atom is 0.240 e. The Kier molecular flexibility index (Phi) is 7.88. The minimum absolute atomic E-state index is 0.168. The van der Waals surface area contributed by atoms with Gasteiger partial charge in [0.15, 0.2) is 0 Å². The number of ether oxygens (including phenoxy) is 1. The second kappa shape index (κ2) is 9.15. The first-order chi connectivity index (χ1) is 10.0. The number of sulfonamides is 1. The van der Waals surface area contributed by atoms with E-state index in [9.17, 15) is 13.5 Å². The summed E-state index contributed by atoms with van der Waals surface area (Å²) in [6, 6.07) is 6.39. The second-order valence-electron chi connectivity index (χ2n) is 4.86. The van der Waals surface area contributed by atoms with Gasteiger partial charge in [-0.15, -0.1) is 0 Å². The third-order valence-electron chi connectivity index (χ3n) is 3.12. The fourth-order valence-corrected chi connectivity index (χ4v) is 2.87. The number of aliphatic hydroxyl groups excluding tert-OH is 1. The Hall–Kier alpha value is -0.950. The van der Waals surface area contributed by atoms with E-state index in [0.29, 0.717) is 25.2 Å². The molecule has 0 saturated carbocycles. The normalized spacial score (nSPS) is 13.3. The molecular weight excluding hydrogens is 290 g/mol. The molecule has 5 nitrogen and oxygen atoms in total. The number of nitrogens with one attached hydrogen (secondary N) is 1. The van der Waals surface area contributed by atoms with Crippen LogP contribution in [-0.4, -0.2) is 33.3 Å². The van der Waals surface area contributed by atoms with Crippen molar-refractivity contribution in [3.05, 3.63) is 29.8 Å². The Bertz CT molecular complexity index is 516. The van der Waals surface area contributed by atoms with Crippen LogP contribution in [0.1, 0.15) is 44.8 Å². The fraction of sp³-hybridized carbons (Fsp3) is 0.600. The fourth-order valence-electron chi connectivity index (χ4n) is 1.80. The number of rotatable bonds is 10. The van der Waals surface area contributed by atoms with Crippen molar-refractivity contribution >= 4 is 10.0 Å². The summed E-state index contributed by atoms with van der Waals surface area (Å²) in [5, 5.41) is 9.78.